The van der Waals surface area contributed by atoms with Crippen molar-refractivity contribution in [3.63, 3.8) is 0 Å². The van der Waals surface area contributed by atoms with E-state index in [1.54, 1.807) is 58.0 Å². The number of aryl methyl sites for hydroxylation is 2. The van der Waals surface area contributed by atoms with E-state index in [9.17, 15) is 19.5 Å². The van der Waals surface area contributed by atoms with Gasteiger partial charge in [-0.3, -0.25) is 9.59 Å². The number of carbonyl (C=O) groups is 3. The molecular weight excluding hydrogens is 530 g/mol. The Morgan fingerprint density at radius 2 is 1.60 bits per heavy atom. The van der Waals surface area contributed by atoms with Crippen molar-refractivity contribution in [2.24, 2.45) is 0 Å². The van der Waals surface area contributed by atoms with E-state index in [0.717, 1.165) is 37.7 Å². The predicted molar refractivity (Wildman–Crippen MR) is 160 cm³/mol. The van der Waals surface area contributed by atoms with Gasteiger partial charge in [-0.05, 0) is 58.2 Å². The number of nitrogens with one attached hydrogen (secondary N) is 2. The highest BCUT2D eigenvalue weighted by atomic mass is 35.5. The third-order valence-corrected chi connectivity index (χ3v) is 6.76. The van der Waals surface area contributed by atoms with Gasteiger partial charge in [0.1, 0.15) is 23.9 Å². The van der Waals surface area contributed by atoms with E-state index >= 15 is 0 Å². The summed E-state index contributed by atoms with van der Waals surface area (Å²) in [7, 11) is 0. The van der Waals surface area contributed by atoms with Crippen LogP contribution in [0.2, 0.25) is 5.02 Å². The zero-order valence-corrected chi connectivity index (χ0v) is 25.4. The molecule has 0 bridgehead atoms. The maximum absolute atomic E-state index is 13.9. The Hall–Kier alpha value is -3.26. The molecule has 3 amide bonds. The molecule has 2 aromatic carbocycles. The number of ether oxygens (including phenoxy) is 1. The molecular formula is C31H44ClN3O5. The van der Waals surface area contributed by atoms with E-state index in [1.807, 2.05) is 13.0 Å². The average Bonchev–Trinajstić information content (AvgIpc) is 2.87. The topological polar surface area (TPSA) is 108 Å². The molecule has 2 aromatic rings. The molecule has 2 rings (SSSR count). The number of amides is 3. The first-order chi connectivity index (χ1) is 18.9. The molecule has 8 nitrogen and oxygen atoms in total. The smallest absolute Gasteiger partial charge is 0.408 e. The summed E-state index contributed by atoms with van der Waals surface area (Å²) in [4.78, 5) is 41.3. The van der Waals surface area contributed by atoms with Crippen molar-refractivity contribution in [2.75, 3.05) is 18.4 Å². The lowest BCUT2D eigenvalue weighted by Crippen LogP contribution is -2.47. The largest absolute Gasteiger partial charge is 0.507 e. The molecule has 0 radical (unpaired) electrons. The summed E-state index contributed by atoms with van der Waals surface area (Å²) in [6.45, 7) is 10.8. The number of alkyl carbamates (subject to hydrolysis) is 1. The summed E-state index contributed by atoms with van der Waals surface area (Å²) in [5, 5.41) is 16.8. The van der Waals surface area contributed by atoms with Crippen LogP contribution in [0.1, 0.15) is 89.0 Å². The van der Waals surface area contributed by atoms with Crippen LogP contribution in [0.5, 0.6) is 5.75 Å². The van der Waals surface area contributed by atoms with Gasteiger partial charge in [0.15, 0.2) is 0 Å². The van der Waals surface area contributed by atoms with Crippen molar-refractivity contribution in [3.8, 4) is 5.75 Å². The molecule has 9 heteroatoms. The molecule has 0 spiro atoms. The first kappa shape index (κ1) is 32.9. The van der Waals surface area contributed by atoms with Crippen LogP contribution < -0.4 is 10.6 Å². The summed E-state index contributed by atoms with van der Waals surface area (Å²) in [6, 6.07) is 9.22. The molecule has 0 aromatic heterocycles. The second kappa shape index (κ2) is 15.5. The van der Waals surface area contributed by atoms with Crippen molar-refractivity contribution in [3.05, 3.63) is 58.1 Å². The number of hydrogen-bond acceptors (Lipinski definition) is 5. The number of para-hydroxylation sites is 2. The molecule has 0 fully saturated rings. The minimum Gasteiger partial charge on any atom is -0.507 e. The zero-order chi connectivity index (χ0) is 29.9. The average molecular weight is 574 g/mol. The lowest BCUT2D eigenvalue weighted by Gasteiger charge is -2.32. The number of benzene rings is 2. The minimum absolute atomic E-state index is 0.0700. The van der Waals surface area contributed by atoms with Crippen molar-refractivity contribution in [1.29, 1.82) is 0 Å². The fourth-order valence-corrected chi connectivity index (χ4v) is 4.63. The van der Waals surface area contributed by atoms with E-state index in [2.05, 4.69) is 17.6 Å². The highest BCUT2D eigenvalue weighted by molar-refractivity contribution is 6.34. The Morgan fingerprint density at radius 3 is 2.25 bits per heavy atom. The molecule has 3 N–H and O–H groups in total. The van der Waals surface area contributed by atoms with Crippen LogP contribution in [0.25, 0.3) is 0 Å². The third kappa shape index (κ3) is 10.0. The number of unbranched alkanes of at least 4 members (excludes halogenated alkanes) is 5. The minimum atomic E-state index is -1.17. The Morgan fingerprint density at radius 1 is 0.975 bits per heavy atom. The molecule has 1 unspecified atom stereocenters. The molecule has 1 atom stereocenters. The Bertz CT molecular complexity index is 1140. The lowest BCUT2D eigenvalue weighted by molar-refractivity contribution is -0.138. The van der Waals surface area contributed by atoms with Gasteiger partial charge >= 0.3 is 6.09 Å². The molecule has 0 aliphatic carbocycles. The van der Waals surface area contributed by atoms with Gasteiger partial charge in [0.25, 0.3) is 5.91 Å². The van der Waals surface area contributed by atoms with Crippen molar-refractivity contribution >= 4 is 35.2 Å². The number of phenols is 1. The molecule has 0 saturated carbocycles. The van der Waals surface area contributed by atoms with Crippen LogP contribution in [0.15, 0.2) is 36.4 Å². The Kier molecular flexibility index (Phi) is 12.8. The van der Waals surface area contributed by atoms with Crippen LogP contribution in [0.4, 0.5) is 10.5 Å². The fraction of sp³-hybridized carbons (Fsp3) is 0.516. The SMILES string of the molecule is CCCCCCCCN(C(=O)CNC(=O)OC(C)(C)C)C(C(=O)Nc1c(C)cccc1Cl)c1cccc(C)c1O. The third-order valence-electron chi connectivity index (χ3n) is 6.45. The summed E-state index contributed by atoms with van der Waals surface area (Å²) in [5.41, 5.74) is 1.33. The Labute approximate surface area is 243 Å². The number of hydrogen-bond donors (Lipinski definition) is 3. The van der Waals surface area contributed by atoms with E-state index in [0.29, 0.717) is 28.3 Å². The number of halogens is 1. The van der Waals surface area contributed by atoms with Gasteiger partial charge in [0, 0.05) is 12.1 Å². The zero-order valence-electron chi connectivity index (χ0n) is 24.6. The maximum atomic E-state index is 13.9. The second-order valence-electron chi connectivity index (χ2n) is 11.0. The number of aromatic hydroxyl groups is 1. The molecule has 40 heavy (non-hydrogen) atoms. The van der Waals surface area contributed by atoms with Gasteiger partial charge in [-0.25, -0.2) is 4.79 Å². The number of nitrogens with zero attached hydrogens (tertiary/aromatic N) is 1. The highest BCUT2D eigenvalue weighted by Gasteiger charge is 2.34. The number of phenolic OH excluding ortho intramolecular Hbond substituents is 1. The van der Waals surface area contributed by atoms with Crippen molar-refractivity contribution < 1.29 is 24.2 Å². The molecule has 0 heterocycles. The first-order valence-corrected chi connectivity index (χ1v) is 14.3. The van der Waals surface area contributed by atoms with Crippen LogP contribution >= 0.6 is 11.6 Å². The maximum Gasteiger partial charge on any atom is 0.408 e. The van der Waals surface area contributed by atoms with E-state index in [1.165, 1.54) is 4.90 Å². The highest BCUT2D eigenvalue weighted by Crippen LogP contribution is 2.34. The normalized spacial score (nSPS) is 12.0. The standard InChI is InChI=1S/C31H44ClN3O5/c1-7-8-9-10-11-12-19-35(25(36)20-33-30(39)40-31(4,5)6)27(23-17-13-16-22(3)28(23)37)29(38)34-26-21(2)15-14-18-24(26)32/h13-18,27,37H,7-12,19-20H2,1-6H3,(H,33,39)(H,34,38). The van der Waals surface area contributed by atoms with Gasteiger partial charge < -0.3 is 25.4 Å². The van der Waals surface area contributed by atoms with Crippen LogP contribution in [-0.2, 0) is 14.3 Å². The van der Waals surface area contributed by atoms with Crippen molar-refractivity contribution in [1.82, 2.24) is 10.2 Å². The first-order valence-electron chi connectivity index (χ1n) is 14.0. The van der Waals surface area contributed by atoms with Gasteiger partial charge in [-0.1, -0.05) is 81.0 Å². The van der Waals surface area contributed by atoms with E-state index in [-0.39, 0.29) is 18.8 Å². The second-order valence-corrected chi connectivity index (χ2v) is 11.5. The van der Waals surface area contributed by atoms with E-state index < -0.39 is 29.6 Å². The molecule has 0 aliphatic heterocycles. The lowest BCUT2D eigenvalue weighted by atomic mass is 9.99. The number of anilines is 1. The summed E-state index contributed by atoms with van der Waals surface area (Å²) >= 11 is 6.40. The van der Waals surface area contributed by atoms with Gasteiger partial charge in [0.05, 0.1) is 10.7 Å². The molecule has 220 valence electrons. The summed E-state index contributed by atoms with van der Waals surface area (Å²) in [6.07, 6.45) is 5.17. The van der Waals surface area contributed by atoms with Crippen LogP contribution in [0.3, 0.4) is 0 Å². The monoisotopic (exact) mass is 573 g/mol. The number of rotatable bonds is 13. The molecule has 0 aliphatic rings. The van der Waals surface area contributed by atoms with Crippen LogP contribution in [-0.4, -0.2) is 46.6 Å². The van der Waals surface area contributed by atoms with E-state index in [4.69, 9.17) is 16.3 Å². The summed E-state index contributed by atoms with van der Waals surface area (Å²) < 4.78 is 5.28. The van der Waals surface area contributed by atoms with Gasteiger partial charge in [-0.2, -0.15) is 0 Å². The van der Waals surface area contributed by atoms with Crippen LogP contribution in [0, 0.1) is 13.8 Å². The number of carbonyl (C=O) groups excluding carboxylic acids is 3. The Balaban J connectivity index is 2.44. The molecule has 0 saturated heterocycles. The summed E-state index contributed by atoms with van der Waals surface area (Å²) in [5.74, 6) is -1.07. The fourth-order valence-electron chi connectivity index (χ4n) is 4.36. The van der Waals surface area contributed by atoms with Gasteiger partial charge in [0.2, 0.25) is 5.91 Å². The predicted octanol–water partition coefficient (Wildman–Crippen LogP) is 7.06. The quantitative estimate of drug-likeness (QED) is 0.222. The van der Waals surface area contributed by atoms with Crippen molar-refractivity contribution in [2.45, 2.75) is 91.7 Å². The van der Waals surface area contributed by atoms with Gasteiger partial charge in [-0.15, -0.1) is 0 Å².